The summed E-state index contributed by atoms with van der Waals surface area (Å²) in [5, 5.41) is 32.9. The highest BCUT2D eigenvalue weighted by molar-refractivity contribution is 14.1. The highest BCUT2D eigenvalue weighted by atomic mass is 127. The van der Waals surface area contributed by atoms with Gasteiger partial charge in [-0.3, -0.25) is 9.59 Å². The molecule has 0 radical (unpaired) electrons. The third-order valence-corrected chi connectivity index (χ3v) is 7.09. The normalized spacial score (nSPS) is 18.8. The average Bonchev–Trinajstić information content (AvgIpc) is 2.88. The smallest absolute Gasteiger partial charge is 0.247 e. The van der Waals surface area contributed by atoms with Crippen molar-refractivity contribution in [2.45, 2.75) is 77.7 Å². The summed E-state index contributed by atoms with van der Waals surface area (Å²) in [7, 11) is 1.49. The zero-order chi connectivity index (χ0) is 28.2. The van der Waals surface area contributed by atoms with Crippen LogP contribution < -0.4 is 14.8 Å². The summed E-state index contributed by atoms with van der Waals surface area (Å²) >= 11 is 2.07. The summed E-state index contributed by atoms with van der Waals surface area (Å²) in [4.78, 5) is 27.9. The quantitative estimate of drug-likeness (QED) is 0.139. The van der Waals surface area contributed by atoms with Gasteiger partial charge in [0.05, 0.1) is 29.9 Å². The Morgan fingerprint density at radius 2 is 1.95 bits per heavy atom. The SMILES string of the molecule is CCCCCCN(C(=O)C=C(C)C)C1CC(C(=O)NCCO)=CC(Oc2c(I)cc(CO)cc2OC)C1O. The van der Waals surface area contributed by atoms with Gasteiger partial charge in [-0.2, -0.15) is 0 Å². The number of allylic oxidation sites excluding steroid dienone is 1. The van der Waals surface area contributed by atoms with Crippen LogP contribution in [0.2, 0.25) is 0 Å². The minimum absolute atomic E-state index is 0.0840. The largest absolute Gasteiger partial charge is 0.493 e. The Bertz CT molecular complexity index is 1010. The lowest BCUT2D eigenvalue weighted by molar-refractivity contribution is -0.133. The van der Waals surface area contributed by atoms with Crippen molar-refractivity contribution in [3.05, 3.63) is 44.6 Å². The molecule has 2 amide bonds. The molecule has 38 heavy (non-hydrogen) atoms. The maximum atomic E-state index is 13.3. The first-order chi connectivity index (χ1) is 18.2. The molecule has 0 aromatic heterocycles. The zero-order valence-electron chi connectivity index (χ0n) is 22.7. The predicted molar refractivity (Wildman–Crippen MR) is 154 cm³/mol. The highest BCUT2D eigenvalue weighted by Gasteiger charge is 2.40. The van der Waals surface area contributed by atoms with Crippen molar-refractivity contribution in [2.24, 2.45) is 0 Å². The molecule has 0 heterocycles. The Morgan fingerprint density at radius 3 is 2.55 bits per heavy atom. The first-order valence-corrected chi connectivity index (χ1v) is 14.1. The van der Waals surface area contributed by atoms with E-state index < -0.39 is 18.2 Å². The molecule has 4 N–H and O–H groups in total. The number of hydrogen-bond acceptors (Lipinski definition) is 7. The minimum Gasteiger partial charge on any atom is -0.493 e. The molecule has 0 aliphatic heterocycles. The monoisotopic (exact) mass is 644 g/mol. The minimum atomic E-state index is -1.12. The molecule has 3 unspecified atom stereocenters. The second kappa shape index (κ2) is 16.1. The Kier molecular flexibility index (Phi) is 13.6. The molecule has 10 heteroatoms. The average molecular weight is 645 g/mol. The van der Waals surface area contributed by atoms with Crippen molar-refractivity contribution >= 4 is 34.4 Å². The third-order valence-electron chi connectivity index (χ3n) is 6.29. The van der Waals surface area contributed by atoms with E-state index >= 15 is 0 Å². The lowest BCUT2D eigenvalue weighted by Crippen LogP contribution is -2.55. The number of amides is 2. The number of nitrogens with zero attached hydrogens (tertiary/aromatic N) is 1. The van der Waals surface area contributed by atoms with E-state index in [9.17, 15) is 24.9 Å². The fraction of sp³-hybridized carbons (Fsp3) is 0.571. The Morgan fingerprint density at radius 1 is 1.21 bits per heavy atom. The molecule has 1 aromatic carbocycles. The van der Waals surface area contributed by atoms with E-state index in [-0.39, 0.29) is 38.0 Å². The molecule has 1 aliphatic rings. The van der Waals surface area contributed by atoms with Crippen molar-refractivity contribution in [1.82, 2.24) is 10.2 Å². The van der Waals surface area contributed by atoms with Crippen LogP contribution in [0.5, 0.6) is 11.5 Å². The van der Waals surface area contributed by atoms with Crippen LogP contribution in [-0.2, 0) is 16.2 Å². The van der Waals surface area contributed by atoms with Gasteiger partial charge in [-0.1, -0.05) is 31.8 Å². The molecule has 1 aromatic rings. The van der Waals surface area contributed by atoms with Crippen LogP contribution in [0.15, 0.2) is 35.4 Å². The van der Waals surface area contributed by atoms with Gasteiger partial charge in [-0.25, -0.2) is 0 Å². The van der Waals surface area contributed by atoms with E-state index in [2.05, 4.69) is 34.8 Å². The van der Waals surface area contributed by atoms with E-state index in [0.717, 1.165) is 31.3 Å². The number of carbonyl (C=O) groups is 2. The molecular formula is C28H41IN2O7. The number of aliphatic hydroxyl groups is 3. The molecular weight excluding hydrogens is 603 g/mol. The van der Waals surface area contributed by atoms with Crippen LogP contribution in [-0.4, -0.2) is 77.1 Å². The van der Waals surface area contributed by atoms with Crippen molar-refractivity contribution in [2.75, 3.05) is 26.8 Å². The summed E-state index contributed by atoms with van der Waals surface area (Å²) in [5.74, 6) is 0.140. The predicted octanol–water partition coefficient (Wildman–Crippen LogP) is 3.08. The first-order valence-electron chi connectivity index (χ1n) is 13.0. The zero-order valence-corrected chi connectivity index (χ0v) is 24.9. The molecule has 0 bridgehead atoms. The maximum Gasteiger partial charge on any atom is 0.247 e. The van der Waals surface area contributed by atoms with E-state index in [4.69, 9.17) is 9.47 Å². The van der Waals surface area contributed by atoms with Gasteiger partial charge < -0.3 is 35.0 Å². The number of unbranched alkanes of at least 4 members (excludes halogenated alkanes) is 3. The summed E-state index contributed by atoms with van der Waals surface area (Å²) in [6.45, 7) is 5.94. The van der Waals surface area contributed by atoms with Gasteiger partial charge in [0.25, 0.3) is 0 Å². The van der Waals surface area contributed by atoms with Crippen molar-refractivity contribution in [3.8, 4) is 11.5 Å². The number of aliphatic hydroxyl groups excluding tert-OH is 3. The topological polar surface area (TPSA) is 129 Å². The second-order valence-electron chi connectivity index (χ2n) is 9.60. The van der Waals surface area contributed by atoms with Crippen molar-refractivity contribution in [3.63, 3.8) is 0 Å². The molecule has 9 nitrogen and oxygen atoms in total. The summed E-state index contributed by atoms with van der Waals surface area (Å²) in [5.41, 5.74) is 1.85. The van der Waals surface area contributed by atoms with Crippen LogP contribution in [0.1, 0.15) is 58.4 Å². The van der Waals surface area contributed by atoms with Gasteiger partial charge in [0.2, 0.25) is 11.8 Å². The molecule has 2 rings (SSSR count). The molecule has 0 spiro atoms. The maximum absolute atomic E-state index is 13.3. The lowest BCUT2D eigenvalue weighted by atomic mass is 9.87. The Labute approximate surface area is 239 Å². The van der Waals surface area contributed by atoms with E-state index in [0.29, 0.717) is 32.8 Å². The van der Waals surface area contributed by atoms with Crippen LogP contribution in [0.25, 0.3) is 0 Å². The number of hydrogen-bond donors (Lipinski definition) is 4. The van der Waals surface area contributed by atoms with Gasteiger partial charge in [-0.15, -0.1) is 0 Å². The van der Waals surface area contributed by atoms with E-state index in [1.54, 1.807) is 29.2 Å². The number of rotatable bonds is 14. The van der Waals surface area contributed by atoms with E-state index in [1.807, 2.05) is 13.8 Å². The molecule has 1 aliphatic carbocycles. The number of nitrogens with one attached hydrogen (secondary N) is 1. The van der Waals surface area contributed by atoms with Crippen LogP contribution in [0.3, 0.4) is 0 Å². The second-order valence-corrected chi connectivity index (χ2v) is 10.8. The lowest BCUT2D eigenvalue weighted by Gasteiger charge is -2.40. The first kappa shape index (κ1) is 32.1. The molecule has 0 fully saturated rings. The highest BCUT2D eigenvalue weighted by Crippen LogP contribution is 2.37. The molecule has 0 saturated carbocycles. The number of methoxy groups -OCH3 is 1. The van der Waals surface area contributed by atoms with Gasteiger partial charge in [0, 0.05) is 31.2 Å². The Balaban J connectivity index is 2.49. The third kappa shape index (κ3) is 8.96. The number of ether oxygens (including phenoxy) is 2. The Hall–Kier alpha value is -2.15. The van der Waals surface area contributed by atoms with Gasteiger partial charge in [-0.05, 0) is 66.6 Å². The number of benzene rings is 1. The van der Waals surface area contributed by atoms with Crippen molar-refractivity contribution < 1.29 is 34.4 Å². The van der Waals surface area contributed by atoms with Crippen LogP contribution in [0, 0.1) is 3.57 Å². The van der Waals surface area contributed by atoms with E-state index in [1.165, 1.54) is 7.11 Å². The fourth-order valence-corrected chi connectivity index (χ4v) is 5.17. The number of carbonyl (C=O) groups excluding carboxylic acids is 2. The fourth-order valence-electron chi connectivity index (χ4n) is 4.37. The van der Waals surface area contributed by atoms with Crippen molar-refractivity contribution in [1.29, 1.82) is 0 Å². The standard InChI is InChI=1S/C28H41IN2O7/c1-5-6-7-8-10-31(25(34)12-18(2)3)22-15-20(28(36)30-9-11-32)16-23(26(22)35)38-27-21(29)13-19(17-33)14-24(27)37-4/h12-14,16,22-23,26,32-33,35H,5-11,15,17H2,1-4H3,(H,30,36). The molecule has 0 saturated heterocycles. The number of halogens is 1. The summed E-state index contributed by atoms with van der Waals surface area (Å²) in [6.07, 6.45) is 5.01. The van der Waals surface area contributed by atoms with Gasteiger partial charge in [0.1, 0.15) is 12.2 Å². The molecule has 212 valence electrons. The van der Waals surface area contributed by atoms with Gasteiger partial charge in [0.15, 0.2) is 11.5 Å². The van der Waals surface area contributed by atoms with Gasteiger partial charge >= 0.3 is 0 Å². The summed E-state index contributed by atoms with van der Waals surface area (Å²) in [6, 6.07) is 2.70. The van der Waals surface area contributed by atoms with Crippen LogP contribution >= 0.6 is 22.6 Å². The summed E-state index contributed by atoms with van der Waals surface area (Å²) < 4.78 is 12.4. The molecule has 3 atom stereocenters. The van der Waals surface area contributed by atoms with Crippen LogP contribution in [0.4, 0.5) is 0 Å².